The van der Waals surface area contributed by atoms with Gasteiger partial charge < -0.3 is 20.1 Å². The van der Waals surface area contributed by atoms with Crippen molar-refractivity contribution < 1.29 is 24.9 Å². The first-order valence-corrected chi connectivity index (χ1v) is 4.27. The molecule has 0 radical (unpaired) electrons. The Balaban J connectivity index is 4.05. The molecular weight excluding hydrogens is 188 g/mol. The molecule has 0 atom stereocenters. The second-order valence-corrected chi connectivity index (χ2v) is 3.13. The van der Waals surface area contributed by atoms with Crippen molar-refractivity contribution in [2.24, 2.45) is 5.41 Å². The number of rotatable bonds is 7. The normalized spacial score (nSPS) is 11.1. The molecule has 0 aliphatic heterocycles. The van der Waals surface area contributed by atoms with Gasteiger partial charge in [-0.15, -0.1) is 0 Å². The first kappa shape index (κ1) is 13.1. The van der Waals surface area contributed by atoms with Crippen LogP contribution in [0.15, 0.2) is 12.8 Å². The van der Waals surface area contributed by atoms with Gasteiger partial charge in [0.25, 0.3) is 0 Å². The van der Waals surface area contributed by atoms with Gasteiger partial charge in [0.05, 0.1) is 26.1 Å². The van der Waals surface area contributed by atoms with Crippen molar-refractivity contribution in [3.63, 3.8) is 0 Å². The predicted octanol–water partition coefficient (Wildman–Crippen LogP) is -0.583. The Hall–Kier alpha value is -0.910. The molecule has 0 aromatic rings. The largest absolute Gasteiger partial charge is 0.435 e. The van der Waals surface area contributed by atoms with E-state index in [0.717, 1.165) is 6.26 Å². The lowest BCUT2D eigenvalue weighted by molar-refractivity contribution is -0.139. The van der Waals surface area contributed by atoms with Gasteiger partial charge >= 0.3 is 5.97 Å². The first-order valence-electron chi connectivity index (χ1n) is 4.27. The smallest absolute Gasteiger partial charge is 0.310 e. The summed E-state index contributed by atoms with van der Waals surface area (Å²) in [6.45, 7) is 2.09. The van der Waals surface area contributed by atoms with Gasteiger partial charge in [0.2, 0.25) is 0 Å². The molecule has 0 aliphatic rings. The summed E-state index contributed by atoms with van der Waals surface area (Å²) in [6, 6.07) is 0. The summed E-state index contributed by atoms with van der Waals surface area (Å²) < 4.78 is 4.45. The maximum atomic E-state index is 10.9. The molecule has 0 saturated heterocycles. The van der Waals surface area contributed by atoms with Crippen LogP contribution in [0.3, 0.4) is 0 Å². The maximum absolute atomic E-state index is 10.9. The quantitative estimate of drug-likeness (QED) is 0.381. The second-order valence-electron chi connectivity index (χ2n) is 3.13. The monoisotopic (exact) mass is 204 g/mol. The minimum atomic E-state index is -1.01. The fourth-order valence-corrected chi connectivity index (χ4v) is 0.906. The highest BCUT2D eigenvalue weighted by atomic mass is 16.5. The fourth-order valence-electron chi connectivity index (χ4n) is 0.906. The molecule has 0 aliphatic carbocycles. The number of esters is 1. The Morgan fingerprint density at radius 2 is 1.79 bits per heavy atom. The highest BCUT2D eigenvalue weighted by Crippen LogP contribution is 2.22. The van der Waals surface area contributed by atoms with Crippen LogP contribution in [0.2, 0.25) is 0 Å². The van der Waals surface area contributed by atoms with Crippen LogP contribution in [0.5, 0.6) is 0 Å². The molecule has 14 heavy (non-hydrogen) atoms. The standard InChI is InChI=1S/C9H16O5/c1-2-14-8(13)3-4-9(5-10,6-11)7-12/h2,10-12H,1,3-7H2. The average molecular weight is 204 g/mol. The van der Waals surface area contributed by atoms with Crippen molar-refractivity contribution in [2.75, 3.05) is 19.8 Å². The van der Waals surface area contributed by atoms with Crippen LogP contribution in [0, 0.1) is 5.41 Å². The van der Waals surface area contributed by atoms with E-state index in [1.807, 2.05) is 0 Å². The summed E-state index contributed by atoms with van der Waals surface area (Å²) in [4.78, 5) is 10.9. The van der Waals surface area contributed by atoms with Crippen molar-refractivity contribution in [2.45, 2.75) is 12.8 Å². The number of aliphatic hydroxyl groups is 3. The Morgan fingerprint density at radius 1 is 1.29 bits per heavy atom. The minimum Gasteiger partial charge on any atom is -0.435 e. The van der Waals surface area contributed by atoms with E-state index in [1.54, 1.807) is 0 Å². The van der Waals surface area contributed by atoms with Gasteiger partial charge in [-0.1, -0.05) is 6.58 Å². The molecule has 0 aromatic carbocycles. The number of ether oxygens (including phenoxy) is 1. The number of hydrogen-bond acceptors (Lipinski definition) is 5. The second kappa shape index (κ2) is 6.53. The molecule has 0 bridgehead atoms. The molecule has 0 heterocycles. The van der Waals surface area contributed by atoms with Crippen LogP contribution in [0.25, 0.3) is 0 Å². The van der Waals surface area contributed by atoms with E-state index in [-0.39, 0.29) is 32.7 Å². The van der Waals surface area contributed by atoms with E-state index in [0.29, 0.717) is 0 Å². The summed E-state index contributed by atoms with van der Waals surface area (Å²) in [5.41, 5.74) is -1.01. The highest BCUT2D eigenvalue weighted by molar-refractivity contribution is 5.69. The lowest BCUT2D eigenvalue weighted by atomic mass is 9.86. The van der Waals surface area contributed by atoms with Gasteiger partial charge in [0.15, 0.2) is 0 Å². The fraction of sp³-hybridized carbons (Fsp3) is 0.667. The van der Waals surface area contributed by atoms with Crippen molar-refractivity contribution >= 4 is 5.97 Å². The van der Waals surface area contributed by atoms with Gasteiger partial charge in [0, 0.05) is 11.8 Å². The van der Waals surface area contributed by atoms with Crippen LogP contribution in [0.4, 0.5) is 0 Å². The first-order chi connectivity index (χ1) is 6.64. The van der Waals surface area contributed by atoms with E-state index < -0.39 is 11.4 Å². The molecule has 0 saturated carbocycles. The number of aliphatic hydroxyl groups excluding tert-OH is 3. The van der Waals surface area contributed by atoms with Crippen molar-refractivity contribution in [3.05, 3.63) is 12.8 Å². The lowest BCUT2D eigenvalue weighted by Gasteiger charge is -2.26. The molecule has 0 rings (SSSR count). The molecule has 0 fully saturated rings. The van der Waals surface area contributed by atoms with Crippen LogP contribution in [-0.4, -0.2) is 41.1 Å². The van der Waals surface area contributed by atoms with E-state index in [4.69, 9.17) is 15.3 Å². The number of carbonyl (C=O) groups is 1. The summed E-state index contributed by atoms with van der Waals surface area (Å²) in [5.74, 6) is -0.500. The van der Waals surface area contributed by atoms with Crippen molar-refractivity contribution in [1.29, 1.82) is 0 Å². The van der Waals surface area contributed by atoms with Gasteiger partial charge in [-0.3, -0.25) is 4.79 Å². The highest BCUT2D eigenvalue weighted by Gasteiger charge is 2.28. The van der Waals surface area contributed by atoms with Gasteiger partial charge in [-0.25, -0.2) is 0 Å². The molecule has 0 unspecified atom stereocenters. The summed E-state index contributed by atoms with van der Waals surface area (Å²) in [6.07, 6.45) is 1.21. The molecular formula is C9H16O5. The van der Waals surface area contributed by atoms with E-state index in [2.05, 4.69) is 11.3 Å². The van der Waals surface area contributed by atoms with E-state index in [1.165, 1.54) is 0 Å². The lowest BCUT2D eigenvalue weighted by Crippen LogP contribution is -2.34. The topological polar surface area (TPSA) is 87.0 Å². The molecule has 0 amide bonds. The van der Waals surface area contributed by atoms with Crippen LogP contribution in [0.1, 0.15) is 12.8 Å². The SMILES string of the molecule is C=COC(=O)CCC(CO)(CO)CO. The Bertz CT molecular complexity index is 177. The zero-order valence-corrected chi connectivity index (χ0v) is 7.98. The molecule has 0 aromatic heterocycles. The zero-order valence-electron chi connectivity index (χ0n) is 7.98. The van der Waals surface area contributed by atoms with Gasteiger partial charge in [-0.05, 0) is 6.42 Å². The summed E-state index contributed by atoms with van der Waals surface area (Å²) in [7, 11) is 0. The Labute approximate surface area is 82.6 Å². The molecule has 5 heteroatoms. The van der Waals surface area contributed by atoms with Crippen molar-refractivity contribution in [1.82, 2.24) is 0 Å². The minimum absolute atomic E-state index is 0.0215. The predicted molar refractivity (Wildman–Crippen MR) is 49.2 cm³/mol. The Morgan fingerprint density at radius 3 is 2.14 bits per heavy atom. The molecule has 82 valence electrons. The number of hydrogen-bond donors (Lipinski definition) is 3. The van der Waals surface area contributed by atoms with E-state index in [9.17, 15) is 4.79 Å². The zero-order chi connectivity index (χ0) is 11.0. The number of carbonyl (C=O) groups excluding carboxylic acids is 1. The van der Waals surface area contributed by atoms with Gasteiger partial charge in [0.1, 0.15) is 0 Å². The average Bonchev–Trinajstić information content (AvgIpc) is 2.21. The molecule has 0 spiro atoms. The van der Waals surface area contributed by atoms with Gasteiger partial charge in [-0.2, -0.15) is 0 Å². The Kier molecular flexibility index (Phi) is 6.11. The third-order valence-corrected chi connectivity index (χ3v) is 2.08. The molecule has 5 nitrogen and oxygen atoms in total. The summed E-state index contributed by atoms with van der Waals surface area (Å²) >= 11 is 0. The van der Waals surface area contributed by atoms with Crippen molar-refractivity contribution in [3.8, 4) is 0 Å². The third kappa shape index (κ3) is 3.87. The third-order valence-electron chi connectivity index (χ3n) is 2.08. The summed E-state index contributed by atoms with van der Waals surface area (Å²) in [5, 5.41) is 26.8. The van der Waals surface area contributed by atoms with Crippen LogP contribution >= 0.6 is 0 Å². The van der Waals surface area contributed by atoms with Crippen LogP contribution < -0.4 is 0 Å². The maximum Gasteiger partial charge on any atom is 0.310 e. The van der Waals surface area contributed by atoms with Crippen LogP contribution in [-0.2, 0) is 9.53 Å². The van der Waals surface area contributed by atoms with E-state index >= 15 is 0 Å². The molecule has 3 N–H and O–H groups in total.